The summed E-state index contributed by atoms with van der Waals surface area (Å²) in [6.07, 6.45) is 1.15. The number of rotatable bonds is 5. The van der Waals surface area contributed by atoms with Crippen LogP contribution in [-0.2, 0) is 0 Å². The van der Waals surface area contributed by atoms with Gasteiger partial charge in [-0.15, -0.1) is 0 Å². The maximum atomic E-state index is 4.45. The first-order valence-electron chi connectivity index (χ1n) is 5.53. The molecule has 4 heteroatoms. The van der Waals surface area contributed by atoms with Crippen LogP contribution in [0, 0.1) is 0 Å². The highest BCUT2D eigenvalue weighted by Gasteiger charge is 2.08. The quantitative estimate of drug-likeness (QED) is 0.806. The highest BCUT2D eigenvalue weighted by molar-refractivity contribution is 7.11. The lowest BCUT2D eigenvalue weighted by Gasteiger charge is -2.16. The molecule has 0 saturated heterocycles. The molecule has 0 radical (unpaired) electrons. The second kappa shape index (κ2) is 5.27. The fourth-order valence-corrected chi connectivity index (χ4v) is 2.59. The summed E-state index contributed by atoms with van der Waals surface area (Å²) in [6, 6.07) is 8.31. The molecule has 0 unspecified atom stereocenters. The van der Waals surface area contributed by atoms with Gasteiger partial charge in [-0.25, -0.2) is 0 Å². The molecule has 0 spiro atoms. The van der Waals surface area contributed by atoms with Gasteiger partial charge in [0, 0.05) is 19.0 Å². The van der Waals surface area contributed by atoms with E-state index in [0.29, 0.717) is 0 Å². The van der Waals surface area contributed by atoms with Crippen LogP contribution in [-0.4, -0.2) is 31.6 Å². The normalized spacial score (nSPS) is 10.9. The third-order valence-corrected chi connectivity index (χ3v) is 3.62. The van der Waals surface area contributed by atoms with E-state index in [4.69, 9.17) is 0 Å². The molecule has 0 atom stereocenters. The van der Waals surface area contributed by atoms with Gasteiger partial charge in [-0.3, -0.25) is 0 Å². The number of fused-ring (bicyclic) bond motifs is 1. The van der Waals surface area contributed by atoms with Crippen molar-refractivity contribution in [3.63, 3.8) is 0 Å². The van der Waals surface area contributed by atoms with Crippen molar-refractivity contribution in [1.29, 1.82) is 0 Å². The molecular formula is C12H17N3S. The highest BCUT2D eigenvalue weighted by atomic mass is 32.1. The summed E-state index contributed by atoms with van der Waals surface area (Å²) in [5, 5.41) is 5.70. The Morgan fingerprint density at radius 3 is 3.00 bits per heavy atom. The van der Waals surface area contributed by atoms with E-state index < -0.39 is 0 Å². The zero-order valence-corrected chi connectivity index (χ0v) is 10.5. The minimum Gasteiger partial charge on any atom is -0.365 e. The lowest BCUT2D eigenvalue weighted by atomic mass is 10.2. The van der Waals surface area contributed by atoms with Crippen molar-refractivity contribution >= 4 is 27.4 Å². The molecule has 1 aromatic carbocycles. The molecular weight excluding hydrogens is 218 g/mol. The van der Waals surface area contributed by atoms with Gasteiger partial charge in [0.2, 0.25) is 0 Å². The molecule has 0 fully saturated rings. The van der Waals surface area contributed by atoms with Gasteiger partial charge < -0.3 is 10.2 Å². The summed E-state index contributed by atoms with van der Waals surface area (Å²) in [5.41, 5.74) is 1.10. The minimum absolute atomic E-state index is 1.06. The van der Waals surface area contributed by atoms with Gasteiger partial charge in [-0.05, 0) is 43.7 Å². The maximum Gasteiger partial charge on any atom is 0.119 e. The van der Waals surface area contributed by atoms with E-state index in [-0.39, 0.29) is 0 Å². The fraction of sp³-hybridized carbons (Fsp3) is 0.417. The van der Waals surface area contributed by atoms with E-state index in [0.717, 1.165) is 25.0 Å². The topological polar surface area (TPSA) is 28.2 Å². The Morgan fingerprint density at radius 2 is 2.19 bits per heavy atom. The molecule has 0 saturated carbocycles. The van der Waals surface area contributed by atoms with Crippen LogP contribution in [0.5, 0.6) is 0 Å². The van der Waals surface area contributed by atoms with E-state index in [1.54, 1.807) is 11.5 Å². The molecule has 1 heterocycles. The Labute approximate surface area is 100 Å². The lowest BCUT2D eigenvalue weighted by molar-refractivity contribution is 0.715. The van der Waals surface area contributed by atoms with Gasteiger partial charge >= 0.3 is 0 Å². The first-order valence-corrected chi connectivity index (χ1v) is 6.30. The molecule has 16 heavy (non-hydrogen) atoms. The third-order valence-electron chi connectivity index (χ3n) is 2.63. The first-order chi connectivity index (χ1) is 7.83. The Hall–Kier alpha value is -1.13. The Bertz CT molecular complexity index is 452. The van der Waals surface area contributed by atoms with Crippen LogP contribution in [0.2, 0.25) is 0 Å². The van der Waals surface area contributed by atoms with E-state index in [1.165, 1.54) is 10.4 Å². The van der Waals surface area contributed by atoms with Gasteiger partial charge in [0.1, 0.15) is 5.00 Å². The molecule has 1 aromatic heterocycles. The Morgan fingerprint density at radius 1 is 1.38 bits per heavy atom. The van der Waals surface area contributed by atoms with Gasteiger partial charge in [0.15, 0.2) is 0 Å². The number of anilines is 1. The summed E-state index contributed by atoms with van der Waals surface area (Å²) in [4.78, 5) is 2.29. The highest BCUT2D eigenvalue weighted by Crippen LogP contribution is 2.30. The van der Waals surface area contributed by atoms with Crippen LogP contribution in [0.15, 0.2) is 24.3 Å². The predicted molar refractivity (Wildman–Crippen MR) is 71.4 cm³/mol. The molecule has 86 valence electrons. The number of nitrogens with one attached hydrogen (secondary N) is 1. The molecule has 2 aromatic rings. The number of nitrogens with zero attached hydrogens (tertiary/aromatic N) is 2. The average molecular weight is 235 g/mol. The van der Waals surface area contributed by atoms with Crippen LogP contribution < -0.4 is 10.2 Å². The van der Waals surface area contributed by atoms with Gasteiger partial charge in [-0.2, -0.15) is 4.37 Å². The van der Waals surface area contributed by atoms with Gasteiger partial charge in [0.05, 0.1) is 5.52 Å². The zero-order chi connectivity index (χ0) is 11.4. The summed E-state index contributed by atoms with van der Waals surface area (Å²) < 4.78 is 4.45. The summed E-state index contributed by atoms with van der Waals surface area (Å²) in [7, 11) is 4.12. The summed E-state index contributed by atoms with van der Waals surface area (Å²) >= 11 is 1.58. The zero-order valence-electron chi connectivity index (χ0n) is 9.73. The second-order valence-electron chi connectivity index (χ2n) is 3.88. The molecule has 1 N–H and O–H groups in total. The van der Waals surface area contributed by atoms with Crippen molar-refractivity contribution in [1.82, 2.24) is 9.69 Å². The molecule has 2 rings (SSSR count). The molecule has 0 amide bonds. The largest absolute Gasteiger partial charge is 0.365 e. The van der Waals surface area contributed by atoms with E-state index in [2.05, 4.69) is 39.8 Å². The van der Waals surface area contributed by atoms with E-state index in [1.807, 2.05) is 13.1 Å². The van der Waals surface area contributed by atoms with Crippen LogP contribution >= 0.6 is 11.5 Å². The van der Waals surface area contributed by atoms with Crippen LogP contribution in [0.25, 0.3) is 10.9 Å². The van der Waals surface area contributed by atoms with Crippen molar-refractivity contribution in [3.8, 4) is 0 Å². The van der Waals surface area contributed by atoms with E-state index >= 15 is 0 Å². The summed E-state index contributed by atoms with van der Waals surface area (Å²) in [5.74, 6) is 0. The average Bonchev–Trinajstić information content (AvgIpc) is 2.73. The van der Waals surface area contributed by atoms with E-state index in [9.17, 15) is 0 Å². The Kier molecular flexibility index (Phi) is 3.74. The molecule has 0 aliphatic carbocycles. The fourth-order valence-electron chi connectivity index (χ4n) is 1.75. The minimum atomic E-state index is 1.06. The Balaban J connectivity index is 2.13. The predicted octanol–water partition coefficient (Wildman–Crippen LogP) is 2.34. The molecule has 3 nitrogen and oxygen atoms in total. The number of benzene rings is 1. The smallest absolute Gasteiger partial charge is 0.119 e. The van der Waals surface area contributed by atoms with Crippen molar-refractivity contribution < 1.29 is 0 Å². The first kappa shape index (κ1) is 11.4. The second-order valence-corrected chi connectivity index (χ2v) is 4.64. The maximum absolute atomic E-state index is 4.45. The number of hydrogen-bond acceptors (Lipinski definition) is 4. The lowest BCUT2D eigenvalue weighted by Crippen LogP contribution is -2.21. The summed E-state index contributed by atoms with van der Waals surface area (Å²) in [6.45, 7) is 2.12. The molecule has 0 aliphatic heterocycles. The number of hydrogen-bond donors (Lipinski definition) is 1. The van der Waals surface area contributed by atoms with Crippen molar-refractivity contribution in [3.05, 3.63) is 24.3 Å². The van der Waals surface area contributed by atoms with Crippen molar-refractivity contribution in [2.75, 3.05) is 32.1 Å². The van der Waals surface area contributed by atoms with Gasteiger partial charge in [0.25, 0.3) is 0 Å². The SMILES string of the molecule is CNCCCN(C)c1snc2ccccc12. The van der Waals surface area contributed by atoms with Crippen molar-refractivity contribution in [2.45, 2.75) is 6.42 Å². The standard InChI is InChI=1S/C12H17N3S/c1-13-8-5-9-15(2)12-10-6-3-4-7-11(10)14-16-12/h3-4,6-7,13H,5,8-9H2,1-2H3. The third kappa shape index (κ3) is 2.33. The number of aromatic nitrogens is 1. The van der Waals surface area contributed by atoms with Crippen molar-refractivity contribution in [2.24, 2.45) is 0 Å². The van der Waals surface area contributed by atoms with Gasteiger partial charge in [-0.1, -0.05) is 12.1 Å². The molecule has 0 bridgehead atoms. The van der Waals surface area contributed by atoms with Crippen LogP contribution in [0.4, 0.5) is 5.00 Å². The molecule has 0 aliphatic rings. The van der Waals surface area contributed by atoms with Crippen LogP contribution in [0.1, 0.15) is 6.42 Å². The monoisotopic (exact) mass is 235 g/mol. The van der Waals surface area contributed by atoms with Crippen LogP contribution in [0.3, 0.4) is 0 Å².